The highest BCUT2D eigenvalue weighted by molar-refractivity contribution is 4.94. The van der Waals surface area contributed by atoms with Crippen LogP contribution in [0.4, 0.5) is 26.3 Å². The summed E-state index contributed by atoms with van der Waals surface area (Å²) < 4.78 is 76.1. The molecule has 2 nitrogen and oxygen atoms in total. The van der Waals surface area contributed by atoms with Crippen LogP contribution in [0.15, 0.2) is 0 Å². The van der Waals surface area contributed by atoms with Crippen molar-refractivity contribution in [3.05, 3.63) is 0 Å². The van der Waals surface area contributed by atoms with Gasteiger partial charge in [0.1, 0.15) is 0 Å². The lowest BCUT2D eigenvalue weighted by Gasteiger charge is -2.30. The second-order valence-corrected chi connectivity index (χ2v) is 2.48. The zero-order valence-electron chi connectivity index (χ0n) is 7.04. The molecule has 0 radical (unpaired) electrons. The Labute approximate surface area is 75.5 Å². The van der Waals surface area contributed by atoms with Gasteiger partial charge in [0.25, 0.3) is 0 Å². The first-order chi connectivity index (χ1) is 6.06. The number of alkyl halides is 6. The van der Waals surface area contributed by atoms with E-state index in [1.165, 1.54) is 6.92 Å². The highest BCUT2D eigenvalue weighted by Gasteiger charge is 2.71. The Balaban J connectivity index is 4.87. The molecule has 0 saturated heterocycles. The van der Waals surface area contributed by atoms with E-state index in [0.29, 0.717) is 0 Å². The lowest BCUT2D eigenvalue weighted by Crippen LogP contribution is -2.58. The number of halogens is 6. The van der Waals surface area contributed by atoms with Crippen molar-refractivity contribution < 1.29 is 36.2 Å². The molecule has 0 aromatic heterocycles. The minimum atomic E-state index is -5.90. The van der Waals surface area contributed by atoms with E-state index in [9.17, 15) is 26.3 Å². The molecule has 0 bridgehead atoms. The van der Waals surface area contributed by atoms with E-state index in [4.69, 9.17) is 5.11 Å². The topological polar surface area (TPSA) is 29.5 Å². The lowest BCUT2D eigenvalue weighted by molar-refractivity contribution is -0.377. The van der Waals surface area contributed by atoms with E-state index in [1.54, 1.807) is 0 Å². The zero-order valence-corrected chi connectivity index (χ0v) is 7.04. The van der Waals surface area contributed by atoms with E-state index in [0.717, 1.165) is 0 Å². The molecule has 0 aromatic rings. The molecule has 0 spiro atoms. The molecule has 1 unspecified atom stereocenters. The van der Waals surface area contributed by atoms with Gasteiger partial charge < -0.3 is 9.84 Å². The Morgan fingerprint density at radius 2 is 1.50 bits per heavy atom. The number of hydrogen-bond acceptors (Lipinski definition) is 2. The van der Waals surface area contributed by atoms with Gasteiger partial charge in [-0.15, -0.1) is 0 Å². The van der Waals surface area contributed by atoms with Gasteiger partial charge in [-0.3, -0.25) is 0 Å². The monoisotopic (exact) mass is 226 g/mol. The molecule has 0 saturated carbocycles. The van der Waals surface area contributed by atoms with Gasteiger partial charge >= 0.3 is 18.0 Å². The number of ether oxygens (including phenoxy) is 1. The molecule has 14 heavy (non-hydrogen) atoms. The predicted octanol–water partition coefficient (Wildman–Crippen LogP) is 1.88. The molecule has 8 heteroatoms. The molecule has 0 rings (SSSR count). The summed E-state index contributed by atoms with van der Waals surface area (Å²) in [5.74, 6) is 0. The minimum Gasteiger partial charge on any atom is -0.378 e. The van der Waals surface area contributed by atoms with Crippen molar-refractivity contribution in [1.82, 2.24) is 0 Å². The highest BCUT2D eigenvalue weighted by atomic mass is 19.4. The van der Waals surface area contributed by atoms with E-state index in [2.05, 4.69) is 4.74 Å². The third kappa shape index (κ3) is 2.50. The standard InChI is InChI=1S/C6H8F6O2/c1-2-14-3-4(7,5(8,9)10)6(11,12)13/h13H,2-3H2,1H3. The average molecular weight is 226 g/mol. The second-order valence-electron chi connectivity index (χ2n) is 2.48. The minimum absolute atomic E-state index is 0.377. The van der Waals surface area contributed by atoms with Crippen LogP contribution in [-0.2, 0) is 4.74 Å². The van der Waals surface area contributed by atoms with Crippen LogP contribution < -0.4 is 0 Å². The molecule has 1 N–H and O–H groups in total. The van der Waals surface area contributed by atoms with Crippen molar-refractivity contribution in [2.24, 2.45) is 0 Å². The summed E-state index contributed by atoms with van der Waals surface area (Å²) >= 11 is 0. The van der Waals surface area contributed by atoms with Gasteiger partial charge in [0.15, 0.2) is 0 Å². The fourth-order valence-corrected chi connectivity index (χ4v) is 0.582. The van der Waals surface area contributed by atoms with Crippen molar-refractivity contribution in [2.75, 3.05) is 13.2 Å². The summed E-state index contributed by atoms with van der Waals surface area (Å²) in [6, 6.07) is 0. The summed E-state index contributed by atoms with van der Waals surface area (Å²) in [5, 5.41) is 7.79. The summed E-state index contributed by atoms with van der Waals surface area (Å²) in [6.45, 7) is -1.12. The molecule has 86 valence electrons. The fraction of sp³-hybridized carbons (Fsp3) is 1.00. The maximum atomic E-state index is 12.7. The van der Waals surface area contributed by atoms with Crippen molar-refractivity contribution in [2.45, 2.75) is 24.9 Å². The first-order valence-corrected chi connectivity index (χ1v) is 3.50. The third-order valence-corrected chi connectivity index (χ3v) is 1.43. The molecule has 0 amide bonds. The van der Waals surface area contributed by atoms with Gasteiger partial charge in [-0.1, -0.05) is 0 Å². The van der Waals surface area contributed by atoms with Crippen LogP contribution >= 0.6 is 0 Å². The predicted molar refractivity (Wildman–Crippen MR) is 33.6 cm³/mol. The molecule has 0 aliphatic rings. The lowest BCUT2D eigenvalue weighted by atomic mass is 10.1. The van der Waals surface area contributed by atoms with E-state index in [1.807, 2.05) is 0 Å². The van der Waals surface area contributed by atoms with Crippen molar-refractivity contribution in [1.29, 1.82) is 0 Å². The molecule has 0 fully saturated rings. The first kappa shape index (κ1) is 13.5. The molecule has 0 aliphatic carbocycles. The largest absolute Gasteiger partial charge is 0.433 e. The summed E-state index contributed by atoms with van der Waals surface area (Å²) in [7, 11) is 0. The van der Waals surface area contributed by atoms with E-state index in [-0.39, 0.29) is 6.61 Å². The number of rotatable bonds is 4. The third-order valence-electron chi connectivity index (χ3n) is 1.43. The molecular weight excluding hydrogens is 218 g/mol. The fourth-order valence-electron chi connectivity index (χ4n) is 0.582. The zero-order chi connectivity index (χ0) is 11.6. The van der Waals surface area contributed by atoms with Crippen LogP contribution in [0.1, 0.15) is 6.92 Å². The van der Waals surface area contributed by atoms with Crippen LogP contribution in [0.25, 0.3) is 0 Å². The Morgan fingerprint density at radius 3 is 1.71 bits per heavy atom. The maximum Gasteiger partial charge on any atom is 0.433 e. The van der Waals surface area contributed by atoms with Gasteiger partial charge in [0.05, 0.1) is 6.61 Å². The number of aliphatic hydroxyl groups is 1. The Morgan fingerprint density at radius 1 is 1.07 bits per heavy atom. The molecule has 1 atom stereocenters. The second kappa shape index (κ2) is 3.93. The number of hydrogen-bond donors (Lipinski definition) is 1. The van der Waals surface area contributed by atoms with Gasteiger partial charge in [-0.05, 0) is 6.92 Å². The van der Waals surface area contributed by atoms with Gasteiger partial charge in [0, 0.05) is 6.61 Å². The van der Waals surface area contributed by atoms with Crippen LogP contribution in [0.3, 0.4) is 0 Å². The molecule has 0 heterocycles. The van der Waals surface area contributed by atoms with Crippen molar-refractivity contribution in [3.8, 4) is 0 Å². The highest BCUT2D eigenvalue weighted by Crippen LogP contribution is 2.43. The Kier molecular flexibility index (Phi) is 3.79. The summed E-state index contributed by atoms with van der Waals surface area (Å²) in [5.41, 5.74) is -5.07. The normalized spacial score (nSPS) is 18.0. The van der Waals surface area contributed by atoms with Gasteiger partial charge in [-0.2, -0.15) is 22.0 Å². The summed E-state index contributed by atoms with van der Waals surface area (Å²) in [6.07, 6.45) is -11.4. The van der Waals surface area contributed by atoms with E-state index < -0.39 is 24.6 Å². The molecular formula is C6H8F6O2. The van der Waals surface area contributed by atoms with Gasteiger partial charge in [-0.25, -0.2) is 4.39 Å². The average Bonchev–Trinajstić information content (AvgIpc) is 1.95. The Bertz CT molecular complexity index is 170. The van der Waals surface area contributed by atoms with Crippen LogP contribution in [0.2, 0.25) is 0 Å². The maximum absolute atomic E-state index is 12.7. The Hall–Kier alpha value is -0.500. The van der Waals surface area contributed by atoms with Crippen molar-refractivity contribution >= 4 is 0 Å². The van der Waals surface area contributed by atoms with Crippen LogP contribution in [0.5, 0.6) is 0 Å². The smallest absolute Gasteiger partial charge is 0.378 e. The molecule has 0 aliphatic heterocycles. The van der Waals surface area contributed by atoms with Crippen LogP contribution in [0, 0.1) is 0 Å². The van der Waals surface area contributed by atoms with E-state index >= 15 is 0 Å². The summed E-state index contributed by atoms with van der Waals surface area (Å²) in [4.78, 5) is 0. The first-order valence-electron chi connectivity index (χ1n) is 3.50. The quantitative estimate of drug-likeness (QED) is 0.741. The van der Waals surface area contributed by atoms with Crippen LogP contribution in [-0.4, -0.2) is 36.3 Å². The van der Waals surface area contributed by atoms with Gasteiger partial charge in [0.2, 0.25) is 0 Å². The molecule has 0 aromatic carbocycles. The SMILES string of the molecule is CCOCC(F)(C(O)(F)F)C(F)(F)F. The van der Waals surface area contributed by atoms with Crippen molar-refractivity contribution in [3.63, 3.8) is 0 Å².